The topological polar surface area (TPSA) is 52.0 Å². The minimum Gasteiger partial charge on any atom is -0.464 e. The third-order valence-electron chi connectivity index (χ3n) is 3.03. The molecule has 1 aliphatic rings. The molecule has 1 N–H and O–H groups in total. The van der Waals surface area contributed by atoms with E-state index < -0.39 is 0 Å². The van der Waals surface area contributed by atoms with Gasteiger partial charge >= 0.3 is 6.01 Å². The number of hydrogen-bond acceptors (Lipinski definition) is 4. The summed E-state index contributed by atoms with van der Waals surface area (Å²) in [5.74, 6) is 0.984. The predicted molar refractivity (Wildman–Crippen MR) is 61.5 cm³/mol. The van der Waals surface area contributed by atoms with Crippen molar-refractivity contribution in [1.82, 2.24) is 20.1 Å². The van der Waals surface area contributed by atoms with Gasteiger partial charge in [0.05, 0.1) is 13.2 Å². The van der Waals surface area contributed by atoms with Crippen LogP contribution in [0.25, 0.3) is 0 Å². The Morgan fingerprint density at radius 3 is 2.75 bits per heavy atom. The zero-order valence-electron chi connectivity index (χ0n) is 10.1. The molecule has 0 aliphatic heterocycles. The van der Waals surface area contributed by atoms with E-state index in [9.17, 15) is 0 Å². The highest BCUT2D eigenvalue weighted by Gasteiger charge is 2.24. The Balaban J connectivity index is 2.24. The van der Waals surface area contributed by atoms with Gasteiger partial charge < -0.3 is 10.1 Å². The first-order valence-electron chi connectivity index (χ1n) is 6.08. The van der Waals surface area contributed by atoms with Crippen LogP contribution < -0.4 is 10.1 Å². The number of rotatable bonds is 5. The molecule has 0 saturated heterocycles. The Morgan fingerprint density at radius 1 is 1.38 bits per heavy atom. The first-order valence-corrected chi connectivity index (χ1v) is 6.08. The Kier molecular flexibility index (Phi) is 3.77. The lowest BCUT2D eigenvalue weighted by Crippen LogP contribution is -2.16. The molecule has 2 rings (SSSR count). The lowest BCUT2D eigenvalue weighted by molar-refractivity contribution is 0.281. The van der Waals surface area contributed by atoms with Crippen LogP contribution in [0.4, 0.5) is 0 Å². The van der Waals surface area contributed by atoms with Gasteiger partial charge in [0.2, 0.25) is 0 Å². The summed E-state index contributed by atoms with van der Waals surface area (Å²) in [6, 6.07) is 1.21. The van der Waals surface area contributed by atoms with Gasteiger partial charge in [-0.3, -0.25) is 4.57 Å². The number of nitrogens with zero attached hydrogens (tertiary/aromatic N) is 3. The second-order valence-corrected chi connectivity index (χ2v) is 4.17. The first kappa shape index (κ1) is 11.4. The van der Waals surface area contributed by atoms with Crippen LogP contribution in [0.15, 0.2) is 0 Å². The van der Waals surface area contributed by atoms with E-state index in [1.807, 2.05) is 14.0 Å². The van der Waals surface area contributed by atoms with E-state index in [-0.39, 0.29) is 0 Å². The van der Waals surface area contributed by atoms with Crippen molar-refractivity contribution in [3.63, 3.8) is 0 Å². The van der Waals surface area contributed by atoms with Crippen molar-refractivity contribution in [1.29, 1.82) is 0 Å². The Bertz CT molecular complexity index is 307. The van der Waals surface area contributed by atoms with Crippen LogP contribution in [-0.2, 0) is 6.54 Å². The molecule has 1 saturated carbocycles. The first-order chi connectivity index (χ1) is 7.86. The zero-order valence-corrected chi connectivity index (χ0v) is 10.1. The molecular formula is C11H20N4O. The number of nitrogens with one attached hydrogen (secondary N) is 1. The van der Waals surface area contributed by atoms with Crippen LogP contribution in [-0.4, -0.2) is 28.4 Å². The van der Waals surface area contributed by atoms with Crippen LogP contribution in [0, 0.1) is 0 Å². The van der Waals surface area contributed by atoms with E-state index in [1.165, 1.54) is 25.7 Å². The lowest BCUT2D eigenvalue weighted by atomic mass is 10.2. The van der Waals surface area contributed by atoms with Gasteiger partial charge in [-0.1, -0.05) is 17.9 Å². The second-order valence-electron chi connectivity index (χ2n) is 4.17. The third-order valence-corrected chi connectivity index (χ3v) is 3.03. The summed E-state index contributed by atoms with van der Waals surface area (Å²) in [7, 11) is 1.92. The largest absolute Gasteiger partial charge is 0.464 e. The van der Waals surface area contributed by atoms with Gasteiger partial charge in [0, 0.05) is 6.04 Å². The normalized spacial score (nSPS) is 16.9. The Morgan fingerprint density at radius 2 is 2.12 bits per heavy atom. The van der Waals surface area contributed by atoms with Crippen molar-refractivity contribution < 1.29 is 4.74 Å². The molecule has 0 amide bonds. The maximum Gasteiger partial charge on any atom is 0.317 e. The second kappa shape index (κ2) is 5.30. The van der Waals surface area contributed by atoms with Crippen LogP contribution in [0.2, 0.25) is 0 Å². The van der Waals surface area contributed by atoms with Crippen molar-refractivity contribution in [3.05, 3.63) is 5.82 Å². The van der Waals surface area contributed by atoms with Crippen LogP contribution in [0.3, 0.4) is 0 Å². The summed E-state index contributed by atoms with van der Waals surface area (Å²) in [5, 5.41) is 11.4. The monoisotopic (exact) mass is 224 g/mol. The van der Waals surface area contributed by atoms with Gasteiger partial charge in [0.1, 0.15) is 5.82 Å². The van der Waals surface area contributed by atoms with Crippen molar-refractivity contribution in [3.8, 4) is 6.01 Å². The fourth-order valence-corrected chi connectivity index (χ4v) is 2.34. The smallest absolute Gasteiger partial charge is 0.317 e. The summed E-state index contributed by atoms with van der Waals surface area (Å²) in [4.78, 5) is 0. The molecular weight excluding hydrogens is 204 g/mol. The van der Waals surface area contributed by atoms with Crippen LogP contribution in [0.5, 0.6) is 6.01 Å². The van der Waals surface area contributed by atoms with E-state index in [1.54, 1.807) is 0 Å². The van der Waals surface area contributed by atoms with Crippen molar-refractivity contribution in [2.24, 2.45) is 0 Å². The highest BCUT2D eigenvalue weighted by atomic mass is 16.5. The number of hydrogen-bond donors (Lipinski definition) is 1. The van der Waals surface area contributed by atoms with Gasteiger partial charge in [-0.05, 0) is 26.8 Å². The summed E-state index contributed by atoms with van der Waals surface area (Å²) in [6.07, 6.45) is 5.03. The summed E-state index contributed by atoms with van der Waals surface area (Å²) in [5.41, 5.74) is 0. The SMILES string of the molecule is CCOc1nnc(CNC)n1C1CCCC1. The molecule has 1 aliphatic carbocycles. The molecule has 0 spiro atoms. The minimum absolute atomic E-state index is 0.528. The molecule has 5 nitrogen and oxygen atoms in total. The fraction of sp³-hybridized carbons (Fsp3) is 0.818. The molecule has 0 atom stereocenters. The zero-order chi connectivity index (χ0) is 11.4. The summed E-state index contributed by atoms with van der Waals surface area (Å²) < 4.78 is 7.71. The highest BCUT2D eigenvalue weighted by Crippen LogP contribution is 2.33. The molecule has 1 heterocycles. The fourth-order valence-electron chi connectivity index (χ4n) is 2.34. The molecule has 1 fully saturated rings. The van der Waals surface area contributed by atoms with Crippen molar-refractivity contribution >= 4 is 0 Å². The van der Waals surface area contributed by atoms with Crippen molar-refractivity contribution in [2.75, 3.05) is 13.7 Å². The third kappa shape index (κ3) is 2.19. The lowest BCUT2D eigenvalue weighted by Gasteiger charge is -2.16. The van der Waals surface area contributed by atoms with Gasteiger partial charge in [0.15, 0.2) is 0 Å². The standard InChI is InChI=1S/C11H20N4O/c1-3-16-11-14-13-10(8-12-2)15(11)9-6-4-5-7-9/h9,12H,3-8H2,1-2H3. The molecule has 16 heavy (non-hydrogen) atoms. The average molecular weight is 224 g/mol. The number of ether oxygens (including phenoxy) is 1. The van der Waals surface area contributed by atoms with E-state index >= 15 is 0 Å². The molecule has 90 valence electrons. The van der Waals surface area contributed by atoms with Crippen molar-refractivity contribution in [2.45, 2.75) is 45.2 Å². The molecule has 0 unspecified atom stereocenters. The summed E-state index contributed by atoms with van der Waals surface area (Å²) >= 11 is 0. The molecule has 0 radical (unpaired) electrons. The molecule has 0 aromatic carbocycles. The quantitative estimate of drug-likeness (QED) is 0.823. The molecule has 1 aromatic heterocycles. The Hall–Kier alpha value is -1.10. The van der Waals surface area contributed by atoms with E-state index in [2.05, 4.69) is 20.1 Å². The predicted octanol–water partition coefficient (Wildman–Crippen LogP) is 1.51. The highest BCUT2D eigenvalue weighted by molar-refractivity contribution is 5.04. The van der Waals surface area contributed by atoms with Gasteiger partial charge in [-0.25, -0.2) is 0 Å². The van der Waals surface area contributed by atoms with Crippen LogP contribution in [0.1, 0.15) is 44.5 Å². The molecule has 0 bridgehead atoms. The maximum atomic E-state index is 5.54. The molecule has 5 heteroatoms. The Labute approximate surface area is 96.2 Å². The minimum atomic E-state index is 0.528. The maximum absolute atomic E-state index is 5.54. The van der Waals surface area contributed by atoms with Gasteiger partial charge in [-0.15, -0.1) is 5.10 Å². The molecule has 1 aromatic rings. The van der Waals surface area contributed by atoms with E-state index in [0.29, 0.717) is 18.7 Å². The summed E-state index contributed by atoms with van der Waals surface area (Å²) in [6.45, 7) is 3.37. The van der Waals surface area contributed by atoms with E-state index in [4.69, 9.17) is 4.74 Å². The number of aromatic nitrogens is 3. The van der Waals surface area contributed by atoms with Crippen LogP contribution >= 0.6 is 0 Å². The van der Waals surface area contributed by atoms with Gasteiger partial charge in [0.25, 0.3) is 0 Å². The van der Waals surface area contributed by atoms with E-state index in [0.717, 1.165) is 12.4 Å². The van der Waals surface area contributed by atoms with Gasteiger partial charge in [-0.2, -0.15) is 0 Å². The average Bonchev–Trinajstić information content (AvgIpc) is 2.88.